The highest BCUT2D eigenvalue weighted by Gasteiger charge is 2.32. The number of hydrogen-bond donors (Lipinski definition) is 8. The Balaban J connectivity index is 2.91. The van der Waals surface area contributed by atoms with Crippen LogP contribution < -0.4 is 33.2 Å². The number of nitrogens with one attached hydrogen (secondary N) is 4. The lowest BCUT2D eigenvalue weighted by molar-refractivity contribution is -0.142. The van der Waals surface area contributed by atoms with Crippen LogP contribution in [0, 0.1) is 5.92 Å². The van der Waals surface area contributed by atoms with Crippen molar-refractivity contribution >= 4 is 35.5 Å². The topological polar surface area (TPSA) is 265 Å². The average Bonchev–Trinajstić information content (AvgIpc) is 3.25. The number of imidazole rings is 1. The smallest absolute Gasteiger partial charge is 0.326 e. The summed E-state index contributed by atoms with van der Waals surface area (Å²) in [6, 6.07) is -5.17. The molecule has 1 heterocycles. The van der Waals surface area contributed by atoms with Crippen LogP contribution in [-0.4, -0.2) is 74.7 Å². The molecule has 5 amide bonds. The maximum atomic E-state index is 12.9. The van der Waals surface area contributed by atoms with E-state index in [0.717, 1.165) is 0 Å². The van der Waals surface area contributed by atoms with Crippen molar-refractivity contribution in [2.75, 3.05) is 0 Å². The van der Waals surface area contributed by atoms with Crippen molar-refractivity contribution in [2.24, 2.45) is 23.1 Å². The van der Waals surface area contributed by atoms with Crippen molar-refractivity contribution in [3.63, 3.8) is 0 Å². The van der Waals surface area contributed by atoms with E-state index in [4.69, 9.17) is 17.2 Å². The summed E-state index contributed by atoms with van der Waals surface area (Å²) >= 11 is 0. The summed E-state index contributed by atoms with van der Waals surface area (Å²) in [5, 5.41) is 16.3. The van der Waals surface area contributed by atoms with Gasteiger partial charge in [-0.05, 0) is 12.3 Å². The molecule has 0 fully saturated rings. The predicted molar refractivity (Wildman–Crippen MR) is 121 cm³/mol. The van der Waals surface area contributed by atoms with E-state index in [1.54, 1.807) is 13.8 Å². The number of amides is 5. The van der Waals surface area contributed by atoms with Crippen LogP contribution in [-0.2, 0) is 35.2 Å². The maximum Gasteiger partial charge on any atom is 0.326 e. The normalized spacial score (nSPS) is 14.3. The molecule has 1 aromatic heterocycles. The van der Waals surface area contributed by atoms with Crippen LogP contribution in [0.5, 0.6) is 0 Å². The van der Waals surface area contributed by atoms with Crippen LogP contribution in [0.3, 0.4) is 0 Å². The number of aliphatic carboxylic acids is 1. The van der Waals surface area contributed by atoms with Gasteiger partial charge in [0.25, 0.3) is 0 Å². The summed E-state index contributed by atoms with van der Waals surface area (Å²) in [4.78, 5) is 78.5. The molecule has 1 rings (SSSR count). The highest BCUT2D eigenvalue weighted by molar-refractivity contribution is 5.96. The minimum absolute atomic E-state index is 0.132. The van der Waals surface area contributed by atoms with Gasteiger partial charge in [0.1, 0.15) is 18.1 Å². The van der Waals surface area contributed by atoms with E-state index in [2.05, 4.69) is 25.9 Å². The van der Waals surface area contributed by atoms with Crippen molar-refractivity contribution in [3.05, 3.63) is 18.2 Å². The van der Waals surface area contributed by atoms with E-state index in [9.17, 15) is 33.9 Å². The van der Waals surface area contributed by atoms with Crippen LogP contribution in [0.25, 0.3) is 0 Å². The summed E-state index contributed by atoms with van der Waals surface area (Å²) in [5.74, 6) is -6.07. The number of H-pyrrole nitrogens is 1. The molecule has 0 saturated carbocycles. The first-order chi connectivity index (χ1) is 16.3. The molecule has 35 heavy (non-hydrogen) atoms. The van der Waals surface area contributed by atoms with Gasteiger partial charge < -0.3 is 43.2 Å². The van der Waals surface area contributed by atoms with Crippen LogP contribution in [0.4, 0.5) is 0 Å². The monoisotopic (exact) mass is 496 g/mol. The zero-order chi connectivity index (χ0) is 26.7. The maximum absolute atomic E-state index is 12.9. The van der Waals surface area contributed by atoms with Gasteiger partial charge in [-0.25, -0.2) is 9.78 Å². The third-order valence-corrected chi connectivity index (χ3v) is 4.91. The summed E-state index contributed by atoms with van der Waals surface area (Å²) < 4.78 is 0. The number of hydrogen-bond acceptors (Lipinski definition) is 8. The molecule has 0 bridgehead atoms. The molecular weight excluding hydrogens is 464 g/mol. The first-order valence-corrected chi connectivity index (χ1v) is 10.7. The third kappa shape index (κ3) is 10.2. The Morgan fingerprint density at radius 1 is 0.971 bits per heavy atom. The Kier molecular flexibility index (Phi) is 11.3. The predicted octanol–water partition coefficient (Wildman–Crippen LogP) is -3.38. The molecule has 0 saturated heterocycles. The second kappa shape index (κ2) is 13.6. The number of carbonyl (C=O) groups is 6. The summed E-state index contributed by atoms with van der Waals surface area (Å²) in [6.07, 6.45) is 1.80. The van der Waals surface area contributed by atoms with E-state index in [-0.39, 0.29) is 19.3 Å². The number of aromatic nitrogens is 2. The number of carbonyl (C=O) groups excluding carboxylic acids is 5. The number of primary amides is 2. The van der Waals surface area contributed by atoms with Gasteiger partial charge in [-0.3, -0.25) is 24.0 Å². The van der Waals surface area contributed by atoms with Crippen LogP contribution in [0.15, 0.2) is 12.5 Å². The van der Waals surface area contributed by atoms with Crippen molar-refractivity contribution in [2.45, 2.75) is 63.7 Å². The van der Waals surface area contributed by atoms with Crippen molar-refractivity contribution in [1.82, 2.24) is 25.9 Å². The van der Waals surface area contributed by atoms with E-state index in [1.807, 2.05) is 0 Å². The van der Waals surface area contributed by atoms with Gasteiger partial charge in [0.15, 0.2) is 0 Å². The first-order valence-electron chi connectivity index (χ1n) is 10.7. The number of carboxylic acids is 1. The molecular formula is C20H32N8O7. The standard InChI is InChI=1S/C20H32N8O7/c1-9(2)16(28-17(31)11(21)5-10-7-24-8-25-10)19(33)27-13(6-15(23)30)18(32)26-12(20(34)35)3-4-14(22)29/h7-9,11-13,16H,3-6,21H2,1-2H3,(H2,22,29)(H2,23,30)(H,24,25)(H,26,32)(H,27,33)(H,28,31)(H,34,35). The largest absolute Gasteiger partial charge is 0.480 e. The van der Waals surface area contributed by atoms with E-state index < -0.39 is 72.0 Å². The first kappa shape index (κ1) is 29.0. The molecule has 15 nitrogen and oxygen atoms in total. The lowest BCUT2D eigenvalue weighted by atomic mass is 10.0. The third-order valence-electron chi connectivity index (χ3n) is 4.91. The number of rotatable bonds is 15. The Labute approximate surface area is 200 Å². The molecule has 4 unspecified atom stereocenters. The molecule has 0 aliphatic rings. The fraction of sp³-hybridized carbons (Fsp3) is 0.550. The molecule has 0 aromatic carbocycles. The molecule has 11 N–H and O–H groups in total. The Hall–Kier alpha value is -4.01. The number of nitrogens with two attached hydrogens (primary N) is 3. The minimum atomic E-state index is -1.53. The molecule has 0 aliphatic carbocycles. The van der Waals surface area contributed by atoms with E-state index in [0.29, 0.717) is 5.69 Å². The quantitative estimate of drug-likeness (QED) is 0.120. The van der Waals surface area contributed by atoms with Crippen molar-refractivity contribution in [3.8, 4) is 0 Å². The van der Waals surface area contributed by atoms with Crippen molar-refractivity contribution in [1.29, 1.82) is 0 Å². The van der Waals surface area contributed by atoms with Gasteiger partial charge >= 0.3 is 5.97 Å². The molecule has 4 atom stereocenters. The Morgan fingerprint density at radius 2 is 1.60 bits per heavy atom. The number of aromatic amines is 1. The minimum Gasteiger partial charge on any atom is -0.480 e. The van der Waals surface area contributed by atoms with Crippen molar-refractivity contribution < 1.29 is 33.9 Å². The zero-order valence-corrected chi connectivity index (χ0v) is 19.4. The van der Waals surface area contributed by atoms with Crippen LogP contribution in [0.2, 0.25) is 0 Å². The fourth-order valence-corrected chi connectivity index (χ4v) is 3.01. The SMILES string of the molecule is CC(C)C(NC(=O)C(N)Cc1cnc[nH]1)C(=O)NC(CC(N)=O)C(=O)NC(CCC(N)=O)C(=O)O. The second-order valence-corrected chi connectivity index (χ2v) is 8.25. The molecule has 15 heteroatoms. The van der Waals surface area contributed by atoms with Gasteiger partial charge in [0, 0.05) is 24.7 Å². The highest BCUT2D eigenvalue weighted by atomic mass is 16.4. The zero-order valence-electron chi connectivity index (χ0n) is 19.4. The van der Waals surface area contributed by atoms with Gasteiger partial charge in [0.2, 0.25) is 29.5 Å². The Bertz CT molecular complexity index is 919. The highest BCUT2D eigenvalue weighted by Crippen LogP contribution is 2.06. The van der Waals surface area contributed by atoms with Gasteiger partial charge in [0.05, 0.1) is 18.8 Å². The van der Waals surface area contributed by atoms with E-state index in [1.165, 1.54) is 12.5 Å². The van der Waals surface area contributed by atoms with Crippen LogP contribution >= 0.6 is 0 Å². The summed E-state index contributed by atoms with van der Waals surface area (Å²) in [7, 11) is 0. The summed E-state index contributed by atoms with van der Waals surface area (Å²) in [5.41, 5.74) is 16.7. The fourth-order valence-electron chi connectivity index (χ4n) is 3.01. The average molecular weight is 497 g/mol. The number of nitrogens with zero attached hydrogens (tertiary/aromatic N) is 1. The van der Waals surface area contributed by atoms with Crippen LogP contribution in [0.1, 0.15) is 38.8 Å². The molecule has 0 aliphatic heterocycles. The van der Waals surface area contributed by atoms with E-state index >= 15 is 0 Å². The molecule has 194 valence electrons. The van der Waals surface area contributed by atoms with Gasteiger partial charge in [-0.1, -0.05) is 13.8 Å². The lowest BCUT2D eigenvalue weighted by Gasteiger charge is -2.26. The molecule has 0 radical (unpaired) electrons. The second-order valence-electron chi connectivity index (χ2n) is 8.25. The van der Waals surface area contributed by atoms with Gasteiger partial charge in [-0.15, -0.1) is 0 Å². The summed E-state index contributed by atoms with van der Waals surface area (Å²) in [6.45, 7) is 3.27. The molecule has 1 aromatic rings. The molecule has 0 spiro atoms. The van der Waals surface area contributed by atoms with Gasteiger partial charge in [-0.2, -0.15) is 0 Å². The lowest BCUT2D eigenvalue weighted by Crippen LogP contribution is -2.59. The Morgan fingerprint density at radius 3 is 2.09 bits per heavy atom. The number of carboxylic acid groups (broad SMARTS) is 1.